The van der Waals surface area contributed by atoms with Crippen molar-refractivity contribution >= 4 is 28.7 Å². The Hall–Kier alpha value is -3.28. The van der Waals surface area contributed by atoms with Crippen LogP contribution in [-0.4, -0.2) is 74.7 Å². The number of esters is 1. The molecule has 1 aromatic carbocycles. The minimum absolute atomic E-state index is 0.0220. The quantitative estimate of drug-likeness (QED) is 0.107. The molecule has 0 aliphatic heterocycles. The van der Waals surface area contributed by atoms with Crippen LogP contribution in [0.15, 0.2) is 33.5 Å². The van der Waals surface area contributed by atoms with Crippen LogP contribution >= 0.6 is 0 Å². The Kier molecular flexibility index (Phi) is 14.3. The van der Waals surface area contributed by atoms with Gasteiger partial charge in [0.2, 0.25) is 0 Å². The highest BCUT2D eigenvalue weighted by Gasteiger charge is 2.16. The lowest BCUT2D eigenvalue weighted by Gasteiger charge is -2.19. The first kappa shape index (κ1) is 32.9. The second-order valence-corrected chi connectivity index (χ2v) is 10.1. The summed E-state index contributed by atoms with van der Waals surface area (Å²) in [5.41, 5.74) is -1.01. The Balaban J connectivity index is 1.50. The van der Waals surface area contributed by atoms with Gasteiger partial charge in [-0.25, -0.2) is 9.59 Å². The topological polar surface area (TPSA) is 148 Å². The van der Waals surface area contributed by atoms with E-state index in [1.165, 1.54) is 12.1 Å². The number of ketones is 1. The fourth-order valence-corrected chi connectivity index (χ4v) is 3.55. The Morgan fingerprint density at radius 1 is 0.825 bits per heavy atom. The molecule has 11 heteroatoms. The van der Waals surface area contributed by atoms with Crippen LogP contribution in [0.2, 0.25) is 0 Å². The molecule has 2 rings (SSSR count). The number of ether oxygens (including phenoxy) is 5. The molecule has 2 aromatic rings. The fraction of sp³-hybridized carbons (Fsp3) is 0.586. The summed E-state index contributed by atoms with van der Waals surface area (Å²) in [5.74, 6) is -1.37. The summed E-state index contributed by atoms with van der Waals surface area (Å²) in [6.07, 6.45) is 3.28. The van der Waals surface area contributed by atoms with Crippen molar-refractivity contribution in [2.45, 2.75) is 64.9 Å². The van der Waals surface area contributed by atoms with Crippen LogP contribution in [0.3, 0.4) is 0 Å². The first-order valence-electron chi connectivity index (χ1n) is 13.5. The molecular formula is C29H40O11. The molecule has 1 aromatic heterocycles. The van der Waals surface area contributed by atoms with Crippen molar-refractivity contribution in [3.63, 3.8) is 0 Å². The number of carboxylic acids is 1. The van der Waals surface area contributed by atoms with Crippen LogP contribution in [-0.2, 0) is 28.5 Å². The molecular weight excluding hydrogens is 524 g/mol. The first-order chi connectivity index (χ1) is 19.0. The van der Waals surface area contributed by atoms with Crippen LogP contribution in [0.25, 0.3) is 11.0 Å². The molecule has 0 unspecified atom stereocenters. The lowest BCUT2D eigenvalue weighted by Crippen LogP contribution is -2.23. The smallest absolute Gasteiger partial charge is 0.347 e. The molecule has 0 saturated carbocycles. The van der Waals surface area contributed by atoms with Gasteiger partial charge >= 0.3 is 17.6 Å². The van der Waals surface area contributed by atoms with Gasteiger partial charge in [0.05, 0.1) is 26.4 Å². The Labute approximate surface area is 233 Å². The number of fused-ring (bicyclic) bond motifs is 1. The van der Waals surface area contributed by atoms with Gasteiger partial charge < -0.3 is 33.2 Å². The van der Waals surface area contributed by atoms with Crippen molar-refractivity contribution in [1.82, 2.24) is 0 Å². The fourth-order valence-electron chi connectivity index (χ4n) is 3.55. The van der Waals surface area contributed by atoms with Crippen molar-refractivity contribution in [3.8, 4) is 5.75 Å². The maximum Gasteiger partial charge on any atom is 0.347 e. The molecule has 222 valence electrons. The number of aliphatic carboxylic acids is 1. The largest absolute Gasteiger partial charge is 0.482 e. The van der Waals surface area contributed by atoms with Gasteiger partial charge in [-0.3, -0.25) is 9.59 Å². The number of carbonyl (C=O) groups excluding carboxylic acids is 2. The van der Waals surface area contributed by atoms with E-state index >= 15 is 0 Å². The zero-order chi connectivity index (χ0) is 29.4. The van der Waals surface area contributed by atoms with Crippen molar-refractivity contribution in [1.29, 1.82) is 0 Å². The molecule has 0 aliphatic carbocycles. The minimum Gasteiger partial charge on any atom is -0.482 e. The second-order valence-electron chi connectivity index (χ2n) is 10.1. The van der Waals surface area contributed by atoms with Gasteiger partial charge in [-0.2, -0.15) is 0 Å². The Morgan fingerprint density at radius 2 is 1.43 bits per heavy atom. The van der Waals surface area contributed by atoms with E-state index < -0.39 is 23.8 Å². The standard InChI is InChI=1S/C29H40O11/c1-29(2,3)40-27(33)9-5-7-13-36-15-17-37-16-14-35-12-6-4-8-24(30)23-18-21-10-11-22(38-20-26(31)32)19-25(21)39-28(23)34/h10-11,18-19H,4-9,12-17,20H2,1-3H3,(H,31,32). The summed E-state index contributed by atoms with van der Waals surface area (Å²) in [4.78, 5) is 47.0. The number of benzene rings is 1. The summed E-state index contributed by atoms with van der Waals surface area (Å²) in [5, 5.41) is 9.24. The molecule has 0 spiro atoms. The predicted molar refractivity (Wildman–Crippen MR) is 146 cm³/mol. The van der Waals surface area contributed by atoms with Crippen LogP contribution in [0.5, 0.6) is 5.75 Å². The monoisotopic (exact) mass is 564 g/mol. The van der Waals surface area contributed by atoms with E-state index in [1.54, 1.807) is 12.1 Å². The Bertz CT molecular complexity index is 1150. The average Bonchev–Trinajstić information content (AvgIpc) is 2.88. The predicted octanol–water partition coefficient (Wildman–Crippen LogP) is 4.17. The molecule has 1 heterocycles. The summed E-state index contributed by atoms with van der Waals surface area (Å²) < 4.78 is 32.0. The van der Waals surface area contributed by atoms with E-state index in [0.717, 1.165) is 12.8 Å². The van der Waals surface area contributed by atoms with E-state index in [2.05, 4.69) is 0 Å². The third-order valence-electron chi connectivity index (χ3n) is 5.40. The normalized spacial score (nSPS) is 11.5. The molecule has 40 heavy (non-hydrogen) atoms. The van der Waals surface area contributed by atoms with Crippen molar-refractivity contribution in [2.75, 3.05) is 46.2 Å². The highest BCUT2D eigenvalue weighted by molar-refractivity contribution is 5.98. The number of unbranched alkanes of at least 4 members (excludes halogenated alkanes) is 2. The minimum atomic E-state index is -1.12. The molecule has 0 saturated heterocycles. The molecule has 1 N–H and O–H groups in total. The molecule has 0 aliphatic rings. The van der Waals surface area contributed by atoms with E-state index in [9.17, 15) is 19.2 Å². The number of carbonyl (C=O) groups is 3. The van der Waals surface area contributed by atoms with E-state index in [4.69, 9.17) is 33.2 Å². The van der Waals surface area contributed by atoms with E-state index in [0.29, 0.717) is 64.3 Å². The van der Waals surface area contributed by atoms with Crippen molar-refractivity contribution in [2.24, 2.45) is 0 Å². The number of hydrogen-bond acceptors (Lipinski definition) is 10. The first-order valence-corrected chi connectivity index (χ1v) is 13.5. The van der Waals surface area contributed by atoms with Crippen LogP contribution in [0.4, 0.5) is 0 Å². The highest BCUT2D eigenvalue weighted by atomic mass is 16.6. The summed E-state index contributed by atoms with van der Waals surface area (Å²) in [7, 11) is 0. The maximum absolute atomic E-state index is 12.5. The van der Waals surface area contributed by atoms with Crippen molar-refractivity contribution < 1.29 is 47.6 Å². The number of hydrogen-bond donors (Lipinski definition) is 1. The van der Waals surface area contributed by atoms with Gasteiger partial charge in [0.1, 0.15) is 22.5 Å². The molecule has 0 radical (unpaired) electrons. The third-order valence-corrected chi connectivity index (χ3v) is 5.40. The second kappa shape index (κ2) is 17.4. The summed E-state index contributed by atoms with van der Waals surface area (Å²) >= 11 is 0. The van der Waals surface area contributed by atoms with Gasteiger partial charge in [0.25, 0.3) is 0 Å². The SMILES string of the molecule is CC(C)(C)OC(=O)CCCCOCCOCCOCCCCC(=O)c1cc2ccc(OCC(=O)O)cc2oc1=O. The van der Waals surface area contributed by atoms with E-state index in [-0.39, 0.29) is 35.1 Å². The zero-order valence-corrected chi connectivity index (χ0v) is 23.5. The van der Waals surface area contributed by atoms with Gasteiger partial charge in [0, 0.05) is 37.5 Å². The average molecular weight is 565 g/mol. The number of rotatable bonds is 20. The maximum atomic E-state index is 12.5. The molecule has 0 atom stereocenters. The summed E-state index contributed by atoms with van der Waals surface area (Å²) in [6, 6.07) is 6.04. The zero-order valence-electron chi connectivity index (χ0n) is 23.5. The molecule has 11 nitrogen and oxygen atoms in total. The third kappa shape index (κ3) is 13.7. The van der Waals surface area contributed by atoms with Crippen LogP contribution in [0.1, 0.15) is 69.7 Å². The number of carboxylic acid groups (broad SMARTS) is 1. The van der Waals surface area contributed by atoms with Gasteiger partial charge in [-0.15, -0.1) is 0 Å². The van der Waals surface area contributed by atoms with Crippen molar-refractivity contribution in [3.05, 3.63) is 40.2 Å². The number of Topliss-reactive ketones (excluding diaryl/α,β-unsaturated/α-hetero) is 1. The lowest BCUT2D eigenvalue weighted by molar-refractivity contribution is -0.155. The van der Waals surface area contributed by atoms with E-state index in [1.807, 2.05) is 20.8 Å². The molecule has 0 fully saturated rings. The lowest BCUT2D eigenvalue weighted by atomic mass is 10.1. The highest BCUT2D eigenvalue weighted by Crippen LogP contribution is 2.21. The summed E-state index contributed by atoms with van der Waals surface area (Å²) in [6.45, 7) is 7.84. The van der Waals surface area contributed by atoms with Gasteiger partial charge in [-0.1, -0.05) is 0 Å². The molecule has 0 amide bonds. The van der Waals surface area contributed by atoms with Gasteiger partial charge in [0.15, 0.2) is 12.4 Å². The van der Waals surface area contributed by atoms with Gasteiger partial charge in [-0.05, 0) is 64.7 Å². The van der Waals surface area contributed by atoms with Crippen LogP contribution < -0.4 is 10.4 Å². The molecule has 0 bridgehead atoms. The van der Waals surface area contributed by atoms with Crippen LogP contribution in [0, 0.1) is 0 Å². The Morgan fingerprint density at radius 3 is 2.02 bits per heavy atom.